The molecule has 0 radical (unpaired) electrons. The SMILES string of the molecule is CC(C)OC(=O)C1=C(CN2CCOCC2)NC(c2nncs2)=CC1c1ccc(F)cc1Br. The van der Waals surface area contributed by atoms with E-state index in [1.54, 1.807) is 11.6 Å². The van der Waals surface area contributed by atoms with Crippen LogP contribution in [0.4, 0.5) is 4.39 Å². The molecular weight excluding hydrogens is 499 g/mol. The maximum absolute atomic E-state index is 13.8. The number of morpholine rings is 1. The molecule has 1 aromatic carbocycles. The van der Waals surface area contributed by atoms with Crippen molar-refractivity contribution in [3.8, 4) is 0 Å². The summed E-state index contributed by atoms with van der Waals surface area (Å²) in [6.07, 6.45) is 1.66. The fraction of sp³-hybridized carbons (Fsp3) is 0.409. The zero-order valence-electron chi connectivity index (χ0n) is 17.8. The summed E-state index contributed by atoms with van der Waals surface area (Å²) >= 11 is 4.89. The first-order valence-electron chi connectivity index (χ1n) is 10.4. The Morgan fingerprint density at radius 3 is 2.84 bits per heavy atom. The number of halogens is 2. The number of dihydropyridines is 1. The normalized spacial score (nSPS) is 19.7. The van der Waals surface area contributed by atoms with Crippen LogP contribution in [0.5, 0.6) is 0 Å². The van der Waals surface area contributed by atoms with Crippen LogP contribution in [0.2, 0.25) is 0 Å². The Hall–Kier alpha value is -2.14. The molecule has 2 aliphatic rings. The number of hydrogen-bond donors (Lipinski definition) is 1. The predicted molar refractivity (Wildman–Crippen MR) is 123 cm³/mol. The fourth-order valence-electron chi connectivity index (χ4n) is 3.76. The molecule has 1 unspecified atom stereocenters. The van der Waals surface area contributed by atoms with Gasteiger partial charge in [0.05, 0.1) is 30.6 Å². The van der Waals surface area contributed by atoms with E-state index in [1.165, 1.54) is 23.5 Å². The van der Waals surface area contributed by atoms with E-state index in [-0.39, 0.29) is 11.9 Å². The van der Waals surface area contributed by atoms with E-state index in [1.807, 2.05) is 19.9 Å². The summed E-state index contributed by atoms with van der Waals surface area (Å²) in [6.45, 7) is 6.98. The Labute approximate surface area is 198 Å². The van der Waals surface area contributed by atoms with Crippen LogP contribution < -0.4 is 5.32 Å². The second kappa shape index (κ2) is 10.2. The quantitative estimate of drug-likeness (QED) is 0.579. The van der Waals surface area contributed by atoms with Gasteiger partial charge >= 0.3 is 5.97 Å². The van der Waals surface area contributed by atoms with E-state index < -0.39 is 11.9 Å². The molecule has 7 nitrogen and oxygen atoms in total. The van der Waals surface area contributed by atoms with E-state index in [4.69, 9.17) is 9.47 Å². The van der Waals surface area contributed by atoms with Gasteiger partial charge < -0.3 is 14.8 Å². The lowest BCUT2D eigenvalue weighted by Crippen LogP contribution is -2.41. The van der Waals surface area contributed by atoms with E-state index >= 15 is 0 Å². The first-order valence-corrected chi connectivity index (χ1v) is 12.0. The molecule has 0 spiro atoms. The number of rotatable bonds is 6. The summed E-state index contributed by atoms with van der Waals surface area (Å²) < 4.78 is 25.5. The van der Waals surface area contributed by atoms with Crippen LogP contribution in [-0.4, -0.2) is 60.0 Å². The number of aromatic nitrogens is 2. The summed E-state index contributed by atoms with van der Waals surface area (Å²) in [5, 5.41) is 12.3. The first-order chi connectivity index (χ1) is 15.4. The molecule has 2 aromatic rings. The van der Waals surface area contributed by atoms with Crippen molar-refractivity contribution < 1.29 is 18.7 Å². The van der Waals surface area contributed by atoms with Gasteiger partial charge in [0.1, 0.15) is 11.3 Å². The molecule has 0 aliphatic carbocycles. The van der Waals surface area contributed by atoms with Gasteiger partial charge in [-0.25, -0.2) is 9.18 Å². The van der Waals surface area contributed by atoms with Gasteiger partial charge in [-0.3, -0.25) is 4.90 Å². The molecule has 1 N–H and O–H groups in total. The zero-order valence-corrected chi connectivity index (χ0v) is 20.2. The maximum atomic E-state index is 13.8. The van der Waals surface area contributed by atoms with Crippen molar-refractivity contribution in [1.29, 1.82) is 0 Å². The molecule has 4 rings (SSSR count). The summed E-state index contributed by atoms with van der Waals surface area (Å²) in [4.78, 5) is 15.5. The van der Waals surface area contributed by atoms with Crippen LogP contribution in [0.3, 0.4) is 0 Å². The van der Waals surface area contributed by atoms with Crippen molar-refractivity contribution in [2.24, 2.45) is 0 Å². The first kappa shape index (κ1) is 23.0. The van der Waals surface area contributed by atoms with Crippen molar-refractivity contribution >= 4 is 38.9 Å². The summed E-state index contributed by atoms with van der Waals surface area (Å²) in [5.41, 5.74) is 4.44. The highest BCUT2D eigenvalue weighted by Crippen LogP contribution is 2.39. The Morgan fingerprint density at radius 2 is 2.19 bits per heavy atom. The molecule has 32 heavy (non-hydrogen) atoms. The van der Waals surface area contributed by atoms with Crippen LogP contribution >= 0.6 is 27.3 Å². The Kier molecular flexibility index (Phi) is 7.34. The molecule has 0 saturated carbocycles. The minimum absolute atomic E-state index is 0.273. The van der Waals surface area contributed by atoms with Gasteiger partial charge in [0.25, 0.3) is 0 Å². The van der Waals surface area contributed by atoms with Gasteiger partial charge in [0.2, 0.25) is 0 Å². The Morgan fingerprint density at radius 1 is 1.41 bits per heavy atom. The molecule has 1 saturated heterocycles. The minimum atomic E-state index is -0.451. The smallest absolute Gasteiger partial charge is 0.337 e. The Balaban J connectivity index is 1.82. The molecule has 1 atom stereocenters. The van der Waals surface area contributed by atoms with Crippen molar-refractivity contribution in [3.63, 3.8) is 0 Å². The largest absolute Gasteiger partial charge is 0.460 e. The number of hydrogen-bond acceptors (Lipinski definition) is 8. The summed E-state index contributed by atoms with van der Waals surface area (Å²) in [7, 11) is 0. The third-order valence-electron chi connectivity index (χ3n) is 5.19. The van der Waals surface area contributed by atoms with Gasteiger partial charge in [-0.1, -0.05) is 33.3 Å². The lowest BCUT2D eigenvalue weighted by Gasteiger charge is -2.33. The number of benzene rings is 1. The van der Waals surface area contributed by atoms with E-state index in [0.717, 1.165) is 30.0 Å². The molecule has 0 bridgehead atoms. The average molecular weight is 523 g/mol. The van der Waals surface area contributed by atoms with Crippen LogP contribution in [0.25, 0.3) is 5.70 Å². The highest BCUT2D eigenvalue weighted by Gasteiger charge is 2.34. The molecule has 170 valence electrons. The van der Waals surface area contributed by atoms with Crippen LogP contribution in [0.15, 0.2) is 45.5 Å². The predicted octanol–water partition coefficient (Wildman–Crippen LogP) is 3.71. The number of carbonyl (C=O) groups is 1. The third-order valence-corrected chi connectivity index (χ3v) is 6.60. The van der Waals surface area contributed by atoms with Crippen molar-refractivity contribution in [1.82, 2.24) is 20.4 Å². The van der Waals surface area contributed by atoms with Crippen molar-refractivity contribution in [2.45, 2.75) is 25.9 Å². The van der Waals surface area contributed by atoms with Gasteiger partial charge in [0.15, 0.2) is 5.01 Å². The second-order valence-electron chi connectivity index (χ2n) is 7.83. The molecule has 0 amide bonds. The van der Waals surface area contributed by atoms with Crippen LogP contribution in [0.1, 0.15) is 30.3 Å². The number of allylic oxidation sites excluding steroid dienone is 1. The molecule has 2 aliphatic heterocycles. The number of nitrogens with zero attached hydrogens (tertiary/aromatic N) is 3. The van der Waals surface area contributed by atoms with Crippen LogP contribution in [-0.2, 0) is 14.3 Å². The topological polar surface area (TPSA) is 76.6 Å². The molecule has 1 fully saturated rings. The monoisotopic (exact) mass is 522 g/mol. The second-order valence-corrected chi connectivity index (χ2v) is 9.52. The van der Waals surface area contributed by atoms with Crippen LogP contribution in [0, 0.1) is 5.82 Å². The minimum Gasteiger partial charge on any atom is -0.460 e. The lowest BCUT2D eigenvalue weighted by atomic mass is 9.86. The lowest BCUT2D eigenvalue weighted by molar-refractivity contribution is -0.143. The summed E-state index contributed by atoms with van der Waals surface area (Å²) in [6, 6.07) is 4.50. The molecular formula is C22H24BrFN4O3S. The van der Waals surface area contributed by atoms with E-state index in [9.17, 15) is 9.18 Å². The maximum Gasteiger partial charge on any atom is 0.337 e. The van der Waals surface area contributed by atoms with Gasteiger partial charge in [0, 0.05) is 35.7 Å². The standard InChI is InChI=1S/C22H24BrFN4O3S/c1-13(2)31-22(29)20-16(15-4-3-14(24)9-17(15)23)10-18(21-27-25-12-32-21)26-19(20)11-28-5-7-30-8-6-28/h3-4,9-10,12-13,16,26H,5-8,11H2,1-2H3. The van der Waals surface area contributed by atoms with Crippen molar-refractivity contribution in [2.75, 3.05) is 32.8 Å². The Bertz CT molecular complexity index is 1040. The fourth-order valence-corrected chi connectivity index (χ4v) is 4.89. The average Bonchev–Trinajstić information content (AvgIpc) is 3.28. The van der Waals surface area contributed by atoms with E-state index in [0.29, 0.717) is 34.8 Å². The van der Waals surface area contributed by atoms with Gasteiger partial charge in [-0.2, -0.15) is 0 Å². The van der Waals surface area contributed by atoms with Gasteiger partial charge in [-0.05, 0) is 37.6 Å². The highest BCUT2D eigenvalue weighted by atomic mass is 79.9. The number of carbonyl (C=O) groups excluding carboxylic acids is 1. The number of ether oxygens (including phenoxy) is 2. The molecule has 1 aromatic heterocycles. The highest BCUT2D eigenvalue weighted by molar-refractivity contribution is 9.10. The van der Waals surface area contributed by atoms with E-state index in [2.05, 4.69) is 36.3 Å². The summed E-state index contributed by atoms with van der Waals surface area (Å²) in [5.74, 6) is -1.20. The number of esters is 1. The number of nitrogens with one attached hydrogen (secondary N) is 1. The zero-order chi connectivity index (χ0) is 22.7. The molecule has 10 heteroatoms. The molecule has 3 heterocycles. The van der Waals surface area contributed by atoms with Gasteiger partial charge in [-0.15, -0.1) is 10.2 Å². The van der Waals surface area contributed by atoms with Crippen molar-refractivity contribution in [3.05, 3.63) is 61.9 Å². The third kappa shape index (κ3) is 5.25.